The first-order valence-corrected chi connectivity index (χ1v) is 10.8. The van der Waals surface area contributed by atoms with Crippen molar-refractivity contribution in [1.29, 1.82) is 0 Å². The zero-order valence-electron chi connectivity index (χ0n) is 16.4. The first-order valence-electron chi connectivity index (χ1n) is 9.30. The molecule has 0 radical (unpaired) electrons. The fourth-order valence-corrected chi connectivity index (χ4v) is 4.61. The number of hydrogen-bond donors (Lipinski definition) is 1. The third-order valence-electron chi connectivity index (χ3n) is 5.01. The molecule has 0 spiro atoms. The molecule has 152 valence electrons. The van der Waals surface area contributed by atoms with Gasteiger partial charge in [0.1, 0.15) is 17.3 Å². The van der Waals surface area contributed by atoms with Crippen molar-refractivity contribution in [2.45, 2.75) is 31.6 Å². The van der Waals surface area contributed by atoms with Crippen molar-refractivity contribution in [1.82, 2.24) is 9.62 Å². The molecule has 1 aromatic carbocycles. The molecule has 1 amide bonds. The molecule has 28 heavy (non-hydrogen) atoms. The molecule has 0 aliphatic carbocycles. The van der Waals surface area contributed by atoms with Crippen LogP contribution in [-0.2, 0) is 10.0 Å². The molecular weight excluding hydrogens is 380 g/mol. The number of benzene rings is 1. The van der Waals surface area contributed by atoms with Crippen LogP contribution >= 0.6 is 0 Å². The zero-order valence-corrected chi connectivity index (χ0v) is 17.2. The third kappa shape index (κ3) is 4.56. The van der Waals surface area contributed by atoms with Crippen molar-refractivity contribution in [3.05, 3.63) is 47.4 Å². The summed E-state index contributed by atoms with van der Waals surface area (Å²) in [6, 6.07) is 8.02. The van der Waals surface area contributed by atoms with E-state index in [-0.39, 0.29) is 16.7 Å². The number of sulfonamides is 1. The zero-order chi connectivity index (χ0) is 20.3. The van der Waals surface area contributed by atoms with Gasteiger partial charge in [-0.05, 0) is 62.9 Å². The lowest BCUT2D eigenvalue weighted by Gasteiger charge is -2.32. The highest BCUT2D eigenvalue weighted by atomic mass is 32.2. The minimum Gasteiger partial charge on any atom is -0.497 e. The minimum absolute atomic E-state index is 0.0583. The first-order chi connectivity index (χ1) is 13.3. The van der Waals surface area contributed by atoms with Crippen molar-refractivity contribution in [2.75, 3.05) is 26.7 Å². The van der Waals surface area contributed by atoms with E-state index in [4.69, 9.17) is 9.15 Å². The molecule has 1 aliphatic heterocycles. The van der Waals surface area contributed by atoms with Gasteiger partial charge in [-0.15, -0.1) is 0 Å². The summed E-state index contributed by atoms with van der Waals surface area (Å²) in [5.74, 6) is 1.94. The molecule has 0 bridgehead atoms. The van der Waals surface area contributed by atoms with Crippen LogP contribution in [-0.4, -0.2) is 46.0 Å². The van der Waals surface area contributed by atoms with Crippen molar-refractivity contribution >= 4 is 15.9 Å². The maximum Gasteiger partial charge on any atom is 0.257 e. The monoisotopic (exact) mass is 406 g/mol. The van der Waals surface area contributed by atoms with Crippen LogP contribution in [0.3, 0.4) is 0 Å². The van der Waals surface area contributed by atoms with E-state index >= 15 is 0 Å². The van der Waals surface area contributed by atoms with Crippen molar-refractivity contribution in [3.8, 4) is 5.75 Å². The maximum atomic E-state index is 12.8. The summed E-state index contributed by atoms with van der Waals surface area (Å²) in [5, 5.41) is 0. The van der Waals surface area contributed by atoms with Crippen LogP contribution in [0, 0.1) is 19.8 Å². The van der Waals surface area contributed by atoms with Crippen LogP contribution in [0.25, 0.3) is 0 Å². The third-order valence-corrected chi connectivity index (χ3v) is 6.45. The Labute approximate surface area is 165 Å². The summed E-state index contributed by atoms with van der Waals surface area (Å²) in [6.07, 6.45) is 1.72. The van der Waals surface area contributed by atoms with E-state index in [9.17, 15) is 13.2 Å². The SMILES string of the molecule is COc1ccc(S(=O)(=O)NC[C@H]2CCCN(C(=O)c3cc(C)oc3C)C2)cc1. The Hall–Kier alpha value is -2.32. The summed E-state index contributed by atoms with van der Waals surface area (Å²) in [6.45, 7) is 5.08. The van der Waals surface area contributed by atoms with Crippen LogP contribution in [0.2, 0.25) is 0 Å². The van der Waals surface area contributed by atoms with E-state index in [0.29, 0.717) is 42.5 Å². The molecule has 8 heteroatoms. The standard InChI is InChI=1S/C20H26N2O5S/c1-14-11-19(15(2)27-14)20(23)22-10-4-5-16(13-22)12-21-28(24,25)18-8-6-17(26-3)7-9-18/h6-9,11,16,21H,4-5,10,12-13H2,1-3H3/t16-/m1/s1. The summed E-state index contributed by atoms with van der Waals surface area (Å²) in [7, 11) is -2.07. The second-order valence-corrected chi connectivity index (χ2v) is 8.88. The van der Waals surface area contributed by atoms with E-state index < -0.39 is 10.0 Å². The van der Waals surface area contributed by atoms with E-state index in [1.165, 1.54) is 19.2 Å². The number of carbonyl (C=O) groups is 1. The number of nitrogens with one attached hydrogen (secondary N) is 1. The van der Waals surface area contributed by atoms with Gasteiger partial charge in [-0.1, -0.05) is 0 Å². The molecule has 0 unspecified atom stereocenters. The van der Waals surface area contributed by atoms with Gasteiger partial charge in [0.2, 0.25) is 10.0 Å². The van der Waals surface area contributed by atoms with Gasteiger partial charge in [0.25, 0.3) is 5.91 Å². The average molecular weight is 407 g/mol. The molecule has 1 N–H and O–H groups in total. The van der Waals surface area contributed by atoms with Gasteiger partial charge < -0.3 is 14.1 Å². The number of amides is 1. The van der Waals surface area contributed by atoms with E-state index in [1.54, 1.807) is 30.0 Å². The smallest absolute Gasteiger partial charge is 0.257 e. The predicted molar refractivity (Wildman–Crippen MR) is 105 cm³/mol. The van der Waals surface area contributed by atoms with Gasteiger partial charge in [0.05, 0.1) is 17.6 Å². The van der Waals surface area contributed by atoms with Gasteiger partial charge >= 0.3 is 0 Å². The van der Waals surface area contributed by atoms with Gasteiger partial charge in [-0.25, -0.2) is 13.1 Å². The lowest BCUT2D eigenvalue weighted by molar-refractivity contribution is 0.0674. The second kappa shape index (κ2) is 8.36. The number of carbonyl (C=O) groups excluding carboxylic acids is 1. The number of aryl methyl sites for hydroxylation is 2. The molecule has 1 atom stereocenters. The Bertz CT molecular complexity index is 934. The molecular formula is C20H26N2O5S. The lowest BCUT2D eigenvalue weighted by Crippen LogP contribution is -2.43. The molecule has 3 rings (SSSR count). The van der Waals surface area contributed by atoms with Crippen LogP contribution in [0.4, 0.5) is 0 Å². The van der Waals surface area contributed by atoms with E-state index in [2.05, 4.69) is 4.72 Å². The van der Waals surface area contributed by atoms with Crippen LogP contribution in [0.15, 0.2) is 39.6 Å². The Morgan fingerprint density at radius 3 is 2.61 bits per heavy atom. The normalized spacial score (nSPS) is 17.5. The summed E-state index contributed by atoms with van der Waals surface area (Å²) in [5.41, 5.74) is 0.581. The molecule has 2 heterocycles. The highest BCUT2D eigenvalue weighted by Crippen LogP contribution is 2.22. The maximum absolute atomic E-state index is 12.8. The molecule has 1 aromatic heterocycles. The van der Waals surface area contributed by atoms with Crippen molar-refractivity contribution in [3.63, 3.8) is 0 Å². The summed E-state index contributed by atoms with van der Waals surface area (Å²) < 4.78 is 38.2. The fourth-order valence-electron chi connectivity index (χ4n) is 3.50. The Kier molecular flexibility index (Phi) is 6.10. The van der Waals surface area contributed by atoms with E-state index in [1.807, 2.05) is 6.92 Å². The van der Waals surface area contributed by atoms with Crippen LogP contribution in [0.1, 0.15) is 34.7 Å². The highest BCUT2D eigenvalue weighted by Gasteiger charge is 2.27. The molecule has 7 nitrogen and oxygen atoms in total. The second-order valence-electron chi connectivity index (χ2n) is 7.11. The minimum atomic E-state index is -3.60. The molecule has 2 aromatic rings. The number of rotatable bonds is 6. The number of nitrogens with zero attached hydrogens (tertiary/aromatic N) is 1. The number of piperidine rings is 1. The van der Waals surface area contributed by atoms with Gasteiger partial charge in [-0.2, -0.15) is 0 Å². The number of hydrogen-bond acceptors (Lipinski definition) is 5. The quantitative estimate of drug-likeness (QED) is 0.797. The largest absolute Gasteiger partial charge is 0.497 e. The van der Waals surface area contributed by atoms with E-state index in [0.717, 1.165) is 12.8 Å². The first kappa shape index (κ1) is 20.4. The molecule has 1 aliphatic rings. The molecule has 1 fully saturated rings. The number of furan rings is 1. The van der Waals surface area contributed by atoms with Gasteiger partial charge in [0, 0.05) is 19.6 Å². The van der Waals surface area contributed by atoms with Gasteiger partial charge in [-0.3, -0.25) is 4.79 Å². The highest BCUT2D eigenvalue weighted by molar-refractivity contribution is 7.89. The predicted octanol–water partition coefficient (Wildman–Crippen LogP) is 2.74. The fraction of sp³-hybridized carbons (Fsp3) is 0.450. The van der Waals surface area contributed by atoms with Crippen LogP contribution in [0.5, 0.6) is 5.75 Å². The lowest BCUT2D eigenvalue weighted by atomic mass is 9.97. The number of likely N-dealkylation sites (tertiary alicyclic amines) is 1. The van der Waals surface area contributed by atoms with Crippen molar-refractivity contribution in [2.24, 2.45) is 5.92 Å². The molecule has 0 saturated carbocycles. The Morgan fingerprint density at radius 2 is 2.00 bits per heavy atom. The number of methoxy groups -OCH3 is 1. The summed E-state index contributed by atoms with van der Waals surface area (Å²) in [4.78, 5) is 14.8. The molecule has 1 saturated heterocycles. The topological polar surface area (TPSA) is 88.9 Å². The Morgan fingerprint density at radius 1 is 1.29 bits per heavy atom. The van der Waals surface area contributed by atoms with Gasteiger partial charge in [0.15, 0.2) is 0 Å². The van der Waals surface area contributed by atoms with Crippen molar-refractivity contribution < 1.29 is 22.4 Å². The average Bonchev–Trinajstić information content (AvgIpc) is 3.04. The number of ether oxygens (including phenoxy) is 1. The van der Waals surface area contributed by atoms with Crippen LogP contribution < -0.4 is 9.46 Å². The summed E-state index contributed by atoms with van der Waals surface area (Å²) >= 11 is 0. The Balaban J connectivity index is 1.61.